The van der Waals surface area contributed by atoms with E-state index in [2.05, 4.69) is 16.0 Å². The first-order chi connectivity index (χ1) is 10.7. The summed E-state index contributed by atoms with van der Waals surface area (Å²) in [7, 11) is 1.63. The Bertz CT molecular complexity index is 883. The Morgan fingerprint density at radius 3 is 2.68 bits per heavy atom. The number of fused-ring (bicyclic) bond motifs is 1. The Balaban J connectivity index is 2.01. The number of aromatic amines is 1. The molecule has 4 nitrogen and oxygen atoms in total. The number of aryl methyl sites for hydroxylation is 1. The molecule has 1 N–H and O–H groups in total. The lowest BCUT2D eigenvalue weighted by molar-refractivity contribution is 0.415. The highest BCUT2D eigenvalue weighted by Gasteiger charge is 2.08. The number of imidazole rings is 1. The Morgan fingerprint density at radius 2 is 2.00 bits per heavy atom. The number of benzene rings is 2. The van der Waals surface area contributed by atoms with Gasteiger partial charge in [0.2, 0.25) is 0 Å². The molecule has 1 aromatic heterocycles. The predicted octanol–water partition coefficient (Wildman–Crippen LogP) is 3.94. The maximum Gasteiger partial charge on any atom is 0.149 e. The Hall–Kier alpha value is -3.06. The molecule has 0 unspecified atom stereocenters. The molecule has 0 aliphatic rings. The van der Waals surface area contributed by atoms with Crippen LogP contribution < -0.4 is 4.74 Å². The molecule has 0 saturated heterocycles. The summed E-state index contributed by atoms with van der Waals surface area (Å²) in [4.78, 5) is 7.69. The molecule has 0 amide bonds. The normalized spacial score (nSPS) is 11.4. The van der Waals surface area contributed by atoms with Crippen LogP contribution in [0.25, 0.3) is 22.7 Å². The van der Waals surface area contributed by atoms with Gasteiger partial charge < -0.3 is 9.72 Å². The fourth-order valence-electron chi connectivity index (χ4n) is 2.27. The van der Waals surface area contributed by atoms with Gasteiger partial charge in [-0.1, -0.05) is 18.2 Å². The monoisotopic (exact) mass is 289 g/mol. The molecule has 4 heteroatoms. The standard InChI is InChI=1S/C18H15N3O/c1-12-3-8-16-17(9-12)21-18(20-16)14(11-19)10-13-4-6-15(22-2)7-5-13/h3-10H,1-2H3,(H,20,21)/b14-10-. The van der Waals surface area contributed by atoms with Crippen LogP contribution in [0.3, 0.4) is 0 Å². The Morgan fingerprint density at radius 1 is 1.23 bits per heavy atom. The molecule has 1 heterocycles. The molecular formula is C18H15N3O. The number of H-pyrrole nitrogens is 1. The molecule has 3 aromatic rings. The lowest BCUT2D eigenvalue weighted by atomic mass is 10.1. The summed E-state index contributed by atoms with van der Waals surface area (Å²) < 4.78 is 5.13. The fraction of sp³-hybridized carbons (Fsp3) is 0.111. The smallest absolute Gasteiger partial charge is 0.149 e. The van der Waals surface area contributed by atoms with Crippen molar-refractivity contribution in [2.24, 2.45) is 0 Å². The predicted molar refractivity (Wildman–Crippen MR) is 87.3 cm³/mol. The van der Waals surface area contributed by atoms with Gasteiger partial charge in [-0.15, -0.1) is 0 Å². The van der Waals surface area contributed by atoms with E-state index >= 15 is 0 Å². The highest BCUT2D eigenvalue weighted by Crippen LogP contribution is 2.21. The number of hydrogen-bond donors (Lipinski definition) is 1. The largest absolute Gasteiger partial charge is 0.497 e. The first-order valence-corrected chi connectivity index (χ1v) is 6.92. The Labute approximate surface area is 128 Å². The van der Waals surface area contributed by atoms with E-state index in [9.17, 15) is 5.26 Å². The molecule has 0 fully saturated rings. The van der Waals surface area contributed by atoms with Gasteiger partial charge in [-0.05, 0) is 48.4 Å². The third kappa shape index (κ3) is 2.70. The average molecular weight is 289 g/mol. The van der Waals surface area contributed by atoms with Crippen LogP contribution in [0.1, 0.15) is 17.0 Å². The van der Waals surface area contributed by atoms with Crippen LogP contribution in [0.15, 0.2) is 42.5 Å². The van der Waals surface area contributed by atoms with Crippen LogP contribution in [-0.2, 0) is 0 Å². The number of nitrogens with zero attached hydrogens (tertiary/aromatic N) is 2. The van der Waals surface area contributed by atoms with Crippen LogP contribution in [0, 0.1) is 18.3 Å². The number of nitrogens with one attached hydrogen (secondary N) is 1. The quantitative estimate of drug-likeness (QED) is 0.743. The number of aromatic nitrogens is 2. The number of ether oxygens (including phenoxy) is 1. The zero-order chi connectivity index (χ0) is 15.5. The maximum absolute atomic E-state index is 9.42. The van der Waals surface area contributed by atoms with Gasteiger partial charge in [-0.25, -0.2) is 4.98 Å². The first-order valence-electron chi connectivity index (χ1n) is 6.92. The van der Waals surface area contributed by atoms with Gasteiger partial charge >= 0.3 is 0 Å². The Kier molecular flexibility index (Phi) is 3.63. The summed E-state index contributed by atoms with van der Waals surface area (Å²) in [6.07, 6.45) is 1.81. The lowest BCUT2D eigenvalue weighted by Crippen LogP contribution is -1.86. The van der Waals surface area contributed by atoms with E-state index in [1.54, 1.807) is 7.11 Å². The van der Waals surface area contributed by atoms with E-state index < -0.39 is 0 Å². The summed E-state index contributed by atoms with van der Waals surface area (Å²) in [6, 6.07) is 15.7. The molecule has 0 atom stereocenters. The second kappa shape index (κ2) is 5.74. The van der Waals surface area contributed by atoms with E-state index in [1.165, 1.54) is 0 Å². The van der Waals surface area contributed by atoms with E-state index in [-0.39, 0.29) is 0 Å². The van der Waals surface area contributed by atoms with Crippen molar-refractivity contribution < 1.29 is 4.74 Å². The van der Waals surface area contributed by atoms with E-state index in [0.29, 0.717) is 11.4 Å². The highest BCUT2D eigenvalue weighted by molar-refractivity contribution is 5.90. The van der Waals surface area contributed by atoms with E-state index in [1.807, 2.05) is 55.5 Å². The van der Waals surface area contributed by atoms with Crippen molar-refractivity contribution in [3.8, 4) is 11.8 Å². The zero-order valence-corrected chi connectivity index (χ0v) is 12.4. The van der Waals surface area contributed by atoms with Gasteiger partial charge in [-0.2, -0.15) is 5.26 Å². The third-order valence-electron chi connectivity index (χ3n) is 3.44. The molecule has 3 rings (SSSR count). The van der Waals surface area contributed by atoms with Crippen molar-refractivity contribution in [3.63, 3.8) is 0 Å². The molecule has 0 spiro atoms. The maximum atomic E-state index is 9.42. The number of rotatable bonds is 3. The van der Waals surface area contributed by atoms with Crippen molar-refractivity contribution in [2.45, 2.75) is 6.92 Å². The van der Waals surface area contributed by atoms with Gasteiger partial charge in [0.1, 0.15) is 17.6 Å². The average Bonchev–Trinajstić information content (AvgIpc) is 2.96. The molecular weight excluding hydrogens is 274 g/mol. The summed E-state index contributed by atoms with van der Waals surface area (Å²) in [5.74, 6) is 1.37. The van der Waals surface area contributed by atoms with Crippen LogP contribution in [0.2, 0.25) is 0 Å². The van der Waals surface area contributed by atoms with Crippen molar-refractivity contribution in [3.05, 3.63) is 59.4 Å². The number of allylic oxidation sites excluding steroid dienone is 1. The molecule has 2 aromatic carbocycles. The van der Waals surface area contributed by atoms with Gasteiger partial charge in [-0.3, -0.25) is 0 Å². The van der Waals surface area contributed by atoms with Crippen molar-refractivity contribution in [1.29, 1.82) is 5.26 Å². The van der Waals surface area contributed by atoms with E-state index in [0.717, 1.165) is 27.9 Å². The summed E-state index contributed by atoms with van der Waals surface area (Å²) in [6.45, 7) is 2.03. The van der Waals surface area contributed by atoms with Crippen LogP contribution in [-0.4, -0.2) is 17.1 Å². The summed E-state index contributed by atoms with van der Waals surface area (Å²) in [5.41, 5.74) is 4.37. The van der Waals surface area contributed by atoms with Gasteiger partial charge in [0.15, 0.2) is 0 Å². The minimum atomic E-state index is 0.499. The molecule has 0 aliphatic heterocycles. The number of nitriles is 1. The number of hydrogen-bond acceptors (Lipinski definition) is 3. The topological polar surface area (TPSA) is 61.7 Å². The van der Waals surface area contributed by atoms with Crippen molar-refractivity contribution in [2.75, 3.05) is 7.11 Å². The molecule has 0 bridgehead atoms. The molecule has 22 heavy (non-hydrogen) atoms. The fourth-order valence-corrected chi connectivity index (χ4v) is 2.27. The second-order valence-electron chi connectivity index (χ2n) is 5.05. The van der Waals surface area contributed by atoms with Crippen molar-refractivity contribution in [1.82, 2.24) is 9.97 Å². The second-order valence-corrected chi connectivity index (χ2v) is 5.05. The molecule has 0 saturated carbocycles. The van der Waals surface area contributed by atoms with Gasteiger partial charge in [0, 0.05) is 0 Å². The van der Waals surface area contributed by atoms with Crippen molar-refractivity contribution >= 4 is 22.7 Å². The number of methoxy groups -OCH3 is 1. The van der Waals surface area contributed by atoms with Crippen LogP contribution in [0.4, 0.5) is 0 Å². The SMILES string of the molecule is COc1ccc(/C=C(/C#N)c2nc3ccc(C)cc3[nH]2)cc1. The minimum absolute atomic E-state index is 0.499. The minimum Gasteiger partial charge on any atom is -0.497 e. The third-order valence-corrected chi connectivity index (χ3v) is 3.44. The molecule has 0 radical (unpaired) electrons. The first kappa shape index (κ1) is 13.9. The van der Waals surface area contributed by atoms with Crippen LogP contribution >= 0.6 is 0 Å². The molecule has 0 aliphatic carbocycles. The highest BCUT2D eigenvalue weighted by atomic mass is 16.5. The summed E-state index contributed by atoms with van der Waals surface area (Å²) >= 11 is 0. The zero-order valence-electron chi connectivity index (χ0n) is 12.4. The lowest BCUT2D eigenvalue weighted by Gasteiger charge is -2.00. The van der Waals surface area contributed by atoms with Crippen LogP contribution in [0.5, 0.6) is 5.75 Å². The van der Waals surface area contributed by atoms with E-state index in [4.69, 9.17) is 4.74 Å². The molecule has 108 valence electrons. The van der Waals surface area contributed by atoms with Gasteiger partial charge in [0.25, 0.3) is 0 Å². The van der Waals surface area contributed by atoms with Gasteiger partial charge in [0.05, 0.1) is 23.7 Å². The summed E-state index contributed by atoms with van der Waals surface area (Å²) in [5, 5.41) is 9.42.